The highest BCUT2D eigenvalue weighted by Gasteiger charge is 2.29. The molecule has 2 N–H and O–H groups in total. The average molecular weight is 489 g/mol. The van der Waals surface area contributed by atoms with E-state index in [1.54, 1.807) is 6.07 Å². The first-order chi connectivity index (χ1) is 10.3. The lowest BCUT2D eigenvalue weighted by molar-refractivity contribution is 0.0464. The second-order valence-electron chi connectivity index (χ2n) is 7.52. The van der Waals surface area contributed by atoms with Gasteiger partial charge in [-0.2, -0.15) is 13.5 Å². The number of carbonyl (C=O) groups is 1. The van der Waals surface area contributed by atoms with Gasteiger partial charge in [0.25, 0.3) is 0 Å². The molecule has 5 nitrogen and oxygen atoms in total. The molecule has 1 amide bonds. The van der Waals surface area contributed by atoms with Crippen molar-refractivity contribution >= 4 is 53.8 Å². The molecule has 24 heavy (non-hydrogen) atoms. The van der Waals surface area contributed by atoms with Gasteiger partial charge in [-0.3, -0.25) is 0 Å². The van der Waals surface area contributed by atoms with E-state index in [2.05, 4.69) is 32.9 Å². The van der Waals surface area contributed by atoms with Gasteiger partial charge >= 0.3 is 6.09 Å². The Morgan fingerprint density at radius 1 is 1.38 bits per heavy atom. The molecule has 0 fully saturated rings. The zero-order valence-corrected chi connectivity index (χ0v) is 18.7. The number of hydrogen-bond donors (Lipinski definition) is 2. The van der Waals surface area contributed by atoms with Gasteiger partial charge in [-0.25, -0.2) is 9.78 Å². The number of hydrogen-bond acceptors (Lipinski definition) is 4. The van der Waals surface area contributed by atoms with E-state index in [1.165, 1.54) is 0 Å². The molecule has 0 aliphatic heterocycles. The van der Waals surface area contributed by atoms with Crippen LogP contribution in [0.5, 0.6) is 5.75 Å². The second-order valence-corrected chi connectivity index (χ2v) is 8.90. The van der Waals surface area contributed by atoms with Crippen molar-refractivity contribution in [2.24, 2.45) is 5.41 Å². The summed E-state index contributed by atoms with van der Waals surface area (Å²) in [4.78, 5) is 16.2. The zero-order chi connectivity index (χ0) is 18.0. The quantitative estimate of drug-likeness (QED) is 0.480. The third-order valence-electron chi connectivity index (χ3n) is 3.14. The summed E-state index contributed by atoms with van der Waals surface area (Å²) < 4.78 is 6.04. The summed E-state index contributed by atoms with van der Waals surface area (Å²) in [7, 11) is 0. The van der Waals surface area contributed by atoms with E-state index in [9.17, 15) is 9.90 Å². The van der Waals surface area contributed by atoms with Crippen molar-refractivity contribution in [2.75, 3.05) is 0 Å². The maximum absolute atomic E-state index is 12.1. The predicted molar refractivity (Wildman–Crippen MR) is 110 cm³/mol. The van der Waals surface area contributed by atoms with E-state index in [-0.39, 0.29) is 35.9 Å². The highest BCUT2D eigenvalue weighted by atomic mass is 127. The van der Waals surface area contributed by atoms with Gasteiger partial charge in [-0.05, 0) is 66.8 Å². The first kappa shape index (κ1) is 23.6. The van der Waals surface area contributed by atoms with Crippen LogP contribution in [0.2, 0.25) is 5.15 Å². The van der Waals surface area contributed by atoms with Gasteiger partial charge in [-0.1, -0.05) is 32.4 Å². The van der Waals surface area contributed by atoms with E-state index in [0.29, 0.717) is 10.1 Å². The minimum Gasteiger partial charge on any atom is -0.505 e. The molecule has 0 aliphatic rings. The Morgan fingerprint density at radius 3 is 2.38 bits per heavy atom. The molecule has 0 aliphatic carbocycles. The number of nitrogens with zero attached hydrogens (tertiary/aromatic N) is 1. The summed E-state index contributed by atoms with van der Waals surface area (Å²) in [6.45, 7) is 11.6. The van der Waals surface area contributed by atoms with Gasteiger partial charge in [0.2, 0.25) is 0 Å². The Hall–Kier alpha value is -0.410. The van der Waals surface area contributed by atoms with E-state index in [1.807, 2.05) is 41.5 Å². The van der Waals surface area contributed by atoms with Crippen LogP contribution in [0.1, 0.15) is 47.1 Å². The smallest absolute Gasteiger partial charge is 0.407 e. The van der Waals surface area contributed by atoms with Crippen LogP contribution in [-0.2, 0) is 11.2 Å². The van der Waals surface area contributed by atoms with Crippen molar-refractivity contribution in [3.05, 3.63) is 20.5 Å². The Bertz CT molecular complexity index is 586. The van der Waals surface area contributed by atoms with Gasteiger partial charge in [0.05, 0.1) is 0 Å². The van der Waals surface area contributed by atoms with E-state index in [0.717, 1.165) is 5.56 Å². The van der Waals surface area contributed by atoms with Crippen molar-refractivity contribution in [1.29, 1.82) is 0 Å². The summed E-state index contributed by atoms with van der Waals surface area (Å²) in [6, 6.07) is 1.40. The molecule has 138 valence electrons. The fraction of sp³-hybridized carbons (Fsp3) is 0.625. The molecular weight excluding hydrogens is 463 g/mol. The molecule has 1 aromatic heterocycles. The lowest BCUT2D eigenvalue weighted by Gasteiger charge is -2.32. The fourth-order valence-corrected chi connectivity index (χ4v) is 2.78. The maximum atomic E-state index is 12.1. The minimum atomic E-state index is -0.555. The van der Waals surface area contributed by atoms with Crippen molar-refractivity contribution in [2.45, 2.75) is 59.6 Å². The van der Waals surface area contributed by atoms with Gasteiger partial charge < -0.3 is 15.2 Å². The lowest BCUT2D eigenvalue weighted by Crippen LogP contribution is -2.47. The van der Waals surface area contributed by atoms with Crippen LogP contribution >= 0.6 is 47.7 Å². The van der Waals surface area contributed by atoms with Crippen molar-refractivity contribution in [1.82, 2.24) is 10.3 Å². The number of carbonyl (C=O) groups excluding carboxylic acids is 1. The van der Waals surface area contributed by atoms with Crippen LogP contribution in [0.3, 0.4) is 0 Å². The number of alkyl carbamates (subject to hydrolysis) is 1. The molecule has 1 heterocycles. The van der Waals surface area contributed by atoms with E-state index in [4.69, 9.17) is 16.3 Å². The molecular formula is C16H26ClIN2O3S. The number of rotatable bonds is 3. The first-order valence-electron chi connectivity index (χ1n) is 7.33. The first-order valence-corrected chi connectivity index (χ1v) is 8.78. The normalized spacial score (nSPS) is 13.0. The monoisotopic (exact) mass is 488 g/mol. The highest BCUT2D eigenvalue weighted by Crippen LogP contribution is 2.29. The van der Waals surface area contributed by atoms with Crippen LogP contribution in [0.25, 0.3) is 0 Å². The maximum Gasteiger partial charge on any atom is 0.407 e. The van der Waals surface area contributed by atoms with Gasteiger partial charge in [0.15, 0.2) is 10.9 Å². The number of amides is 1. The molecule has 0 aromatic carbocycles. The van der Waals surface area contributed by atoms with Gasteiger partial charge in [0.1, 0.15) is 9.30 Å². The third kappa shape index (κ3) is 7.65. The van der Waals surface area contributed by atoms with Crippen molar-refractivity contribution in [3.63, 3.8) is 0 Å². The molecule has 0 radical (unpaired) electrons. The largest absolute Gasteiger partial charge is 0.505 e. The molecule has 1 atom stereocenters. The second kappa shape index (κ2) is 8.80. The summed E-state index contributed by atoms with van der Waals surface area (Å²) in [5.74, 6) is -0.0630. The number of pyridine rings is 1. The Morgan fingerprint density at radius 2 is 1.92 bits per heavy atom. The van der Waals surface area contributed by atoms with E-state index >= 15 is 0 Å². The highest BCUT2D eigenvalue weighted by molar-refractivity contribution is 14.1. The van der Waals surface area contributed by atoms with Crippen molar-refractivity contribution < 1.29 is 14.6 Å². The molecule has 0 saturated carbocycles. The Kier molecular flexibility index (Phi) is 8.65. The zero-order valence-electron chi connectivity index (χ0n) is 14.8. The average Bonchev–Trinajstić information content (AvgIpc) is 2.31. The SMILES string of the molecule is CC(C)(C)OC(=O)N[C@@H](Cc1cc(O)c(Cl)nc1I)C(C)(C)C.S. The lowest BCUT2D eigenvalue weighted by atomic mass is 9.83. The molecule has 8 heteroatoms. The predicted octanol–water partition coefficient (Wildman–Crippen LogP) is 4.64. The number of aromatic nitrogens is 1. The topological polar surface area (TPSA) is 71.5 Å². The van der Waals surface area contributed by atoms with Crippen LogP contribution < -0.4 is 5.32 Å². The standard InChI is InChI=1S/C16H24ClIN2O3.H2S/c1-15(2,3)11(19-14(22)23-16(4,5)6)8-9-7-10(21)12(17)20-13(9)18;/h7,11,21H,8H2,1-6H3,(H,19,22);1H2/t11-;/m0./s1. The van der Waals surface area contributed by atoms with Crippen LogP contribution in [0.4, 0.5) is 4.79 Å². The molecule has 0 bridgehead atoms. The summed E-state index contributed by atoms with van der Waals surface area (Å²) in [5.41, 5.74) is 0.0690. The molecule has 0 unspecified atom stereocenters. The molecule has 0 saturated heterocycles. The summed E-state index contributed by atoms with van der Waals surface area (Å²) >= 11 is 7.88. The fourth-order valence-electron chi connectivity index (χ4n) is 1.89. The number of aromatic hydroxyl groups is 1. The molecule has 0 spiro atoms. The van der Waals surface area contributed by atoms with Crippen LogP contribution in [-0.4, -0.2) is 27.8 Å². The van der Waals surface area contributed by atoms with E-state index < -0.39 is 11.7 Å². The summed E-state index contributed by atoms with van der Waals surface area (Å²) in [5, 5.41) is 12.8. The number of ether oxygens (including phenoxy) is 1. The number of nitrogens with one attached hydrogen (secondary N) is 1. The Labute approximate surface area is 169 Å². The summed E-state index contributed by atoms with van der Waals surface area (Å²) in [6.07, 6.45) is 0.0530. The molecule has 1 rings (SSSR count). The van der Waals surface area contributed by atoms with Gasteiger partial charge in [0, 0.05) is 6.04 Å². The number of halogens is 2. The van der Waals surface area contributed by atoms with Crippen molar-refractivity contribution in [3.8, 4) is 5.75 Å². The Balaban J connectivity index is 0.00000529. The molecule has 1 aromatic rings. The van der Waals surface area contributed by atoms with Crippen LogP contribution in [0, 0.1) is 9.12 Å². The third-order valence-corrected chi connectivity index (χ3v) is 4.36. The minimum absolute atomic E-state index is 0. The van der Waals surface area contributed by atoms with Gasteiger partial charge in [-0.15, -0.1) is 0 Å². The van der Waals surface area contributed by atoms with Crippen LogP contribution in [0.15, 0.2) is 6.07 Å².